The number of rotatable bonds is 1. The molecule has 1 fully saturated rings. The molecule has 0 aliphatic heterocycles. The Morgan fingerprint density at radius 3 is 2.82 bits per heavy atom. The Bertz CT molecular complexity index is 277. The van der Waals surface area contributed by atoms with Gasteiger partial charge in [0.25, 0.3) is 0 Å². The Morgan fingerprint density at radius 1 is 1.55 bits per heavy atom. The molecule has 1 aromatic heterocycles. The van der Waals surface area contributed by atoms with Gasteiger partial charge in [0.1, 0.15) is 5.82 Å². The lowest BCUT2D eigenvalue weighted by Gasteiger charge is -1.95. The number of hydrogen-bond donors (Lipinski definition) is 0. The molecule has 1 nitrogen and oxygen atoms in total. The summed E-state index contributed by atoms with van der Waals surface area (Å²) in [5, 5.41) is 0. The third kappa shape index (κ3) is 1.43. The fourth-order valence-corrected chi connectivity index (χ4v) is 1.85. The first-order chi connectivity index (χ1) is 5.27. The second kappa shape index (κ2) is 2.55. The average Bonchev–Trinajstić information content (AvgIpc) is 2.67. The number of hydrogen-bond acceptors (Lipinski definition) is 1. The molecule has 1 aromatic rings. The highest BCUT2D eigenvalue weighted by Gasteiger charge is 2.36. The SMILES string of the molecule is Fc1cncc(C2CC2Br)c1. The van der Waals surface area contributed by atoms with E-state index in [9.17, 15) is 4.39 Å². The molecule has 0 aromatic carbocycles. The summed E-state index contributed by atoms with van der Waals surface area (Å²) in [7, 11) is 0. The number of aromatic nitrogens is 1. The summed E-state index contributed by atoms with van der Waals surface area (Å²) in [6.45, 7) is 0. The lowest BCUT2D eigenvalue weighted by molar-refractivity contribution is 0.618. The Kier molecular flexibility index (Phi) is 1.68. The standard InChI is InChI=1S/C8H7BrFN/c9-8-2-7(8)5-1-6(10)4-11-3-5/h1,3-4,7-8H,2H2. The summed E-state index contributed by atoms with van der Waals surface area (Å²) in [5.41, 5.74) is 1.01. The maximum atomic E-state index is 12.6. The zero-order chi connectivity index (χ0) is 7.84. The van der Waals surface area contributed by atoms with E-state index in [-0.39, 0.29) is 5.82 Å². The van der Waals surface area contributed by atoms with E-state index in [4.69, 9.17) is 0 Å². The number of alkyl halides is 1. The van der Waals surface area contributed by atoms with Crippen LogP contribution >= 0.6 is 15.9 Å². The molecule has 1 aliphatic carbocycles. The van der Waals surface area contributed by atoms with Crippen molar-refractivity contribution in [3.05, 3.63) is 29.8 Å². The molecule has 58 valence electrons. The van der Waals surface area contributed by atoms with Gasteiger partial charge in [-0.15, -0.1) is 0 Å². The molecule has 1 saturated carbocycles. The van der Waals surface area contributed by atoms with Gasteiger partial charge in [-0.1, -0.05) is 15.9 Å². The van der Waals surface area contributed by atoms with Crippen molar-refractivity contribution in [1.82, 2.24) is 4.98 Å². The molecular formula is C8H7BrFN. The van der Waals surface area contributed by atoms with E-state index >= 15 is 0 Å². The number of pyridine rings is 1. The molecule has 2 rings (SSSR count). The zero-order valence-corrected chi connectivity index (χ0v) is 7.38. The second-order valence-electron chi connectivity index (χ2n) is 2.79. The van der Waals surface area contributed by atoms with Crippen LogP contribution in [0, 0.1) is 5.82 Å². The highest BCUT2D eigenvalue weighted by atomic mass is 79.9. The van der Waals surface area contributed by atoms with Crippen molar-refractivity contribution in [2.75, 3.05) is 0 Å². The van der Waals surface area contributed by atoms with E-state index in [0.29, 0.717) is 10.7 Å². The van der Waals surface area contributed by atoms with Gasteiger partial charge in [-0.3, -0.25) is 4.98 Å². The maximum absolute atomic E-state index is 12.6. The van der Waals surface area contributed by atoms with Gasteiger partial charge in [0.2, 0.25) is 0 Å². The van der Waals surface area contributed by atoms with Crippen LogP contribution in [0.1, 0.15) is 17.9 Å². The first-order valence-electron chi connectivity index (χ1n) is 3.52. The smallest absolute Gasteiger partial charge is 0.141 e. The van der Waals surface area contributed by atoms with E-state index < -0.39 is 0 Å². The minimum atomic E-state index is -0.242. The minimum absolute atomic E-state index is 0.242. The minimum Gasteiger partial charge on any atom is -0.261 e. The first-order valence-corrected chi connectivity index (χ1v) is 4.43. The highest BCUT2D eigenvalue weighted by molar-refractivity contribution is 9.09. The van der Waals surface area contributed by atoms with Crippen LogP contribution < -0.4 is 0 Å². The van der Waals surface area contributed by atoms with Crippen molar-refractivity contribution in [2.24, 2.45) is 0 Å². The maximum Gasteiger partial charge on any atom is 0.141 e. The topological polar surface area (TPSA) is 12.9 Å². The van der Waals surface area contributed by atoms with Gasteiger partial charge in [0.05, 0.1) is 6.20 Å². The highest BCUT2D eigenvalue weighted by Crippen LogP contribution is 2.46. The molecular weight excluding hydrogens is 209 g/mol. The van der Waals surface area contributed by atoms with Crippen LogP contribution in [0.5, 0.6) is 0 Å². The third-order valence-corrected chi connectivity index (χ3v) is 2.88. The Labute approximate surface area is 72.8 Å². The van der Waals surface area contributed by atoms with Crippen molar-refractivity contribution in [2.45, 2.75) is 17.2 Å². The van der Waals surface area contributed by atoms with Gasteiger partial charge in [-0.2, -0.15) is 0 Å². The summed E-state index contributed by atoms with van der Waals surface area (Å²) < 4.78 is 12.6. The summed E-state index contributed by atoms with van der Waals surface area (Å²) in [6, 6.07) is 1.55. The van der Waals surface area contributed by atoms with Crippen LogP contribution in [0.3, 0.4) is 0 Å². The van der Waals surface area contributed by atoms with Crippen LogP contribution in [-0.2, 0) is 0 Å². The van der Waals surface area contributed by atoms with Crippen LogP contribution in [0.2, 0.25) is 0 Å². The lowest BCUT2D eigenvalue weighted by atomic mass is 10.2. The molecule has 1 aliphatic rings. The van der Waals surface area contributed by atoms with Crippen LogP contribution in [0.15, 0.2) is 18.5 Å². The van der Waals surface area contributed by atoms with Crippen LogP contribution in [-0.4, -0.2) is 9.81 Å². The fourth-order valence-electron chi connectivity index (χ4n) is 1.14. The van der Waals surface area contributed by atoms with Crippen LogP contribution in [0.25, 0.3) is 0 Å². The number of nitrogens with zero attached hydrogens (tertiary/aromatic N) is 1. The van der Waals surface area contributed by atoms with Gasteiger partial charge in [0.15, 0.2) is 0 Å². The monoisotopic (exact) mass is 215 g/mol. The fraction of sp³-hybridized carbons (Fsp3) is 0.375. The largest absolute Gasteiger partial charge is 0.261 e. The molecule has 11 heavy (non-hydrogen) atoms. The van der Waals surface area contributed by atoms with Crippen molar-refractivity contribution in [1.29, 1.82) is 0 Å². The quantitative estimate of drug-likeness (QED) is 0.657. The van der Waals surface area contributed by atoms with E-state index in [1.807, 2.05) is 0 Å². The predicted molar refractivity (Wildman–Crippen MR) is 44.3 cm³/mol. The Balaban J connectivity index is 2.25. The van der Waals surface area contributed by atoms with Crippen molar-refractivity contribution in [3.8, 4) is 0 Å². The summed E-state index contributed by atoms with van der Waals surface area (Å²) in [6.07, 6.45) is 4.06. The Morgan fingerprint density at radius 2 is 2.27 bits per heavy atom. The van der Waals surface area contributed by atoms with Crippen LogP contribution in [0.4, 0.5) is 4.39 Å². The summed E-state index contributed by atoms with van der Waals surface area (Å²) >= 11 is 3.46. The van der Waals surface area contributed by atoms with E-state index in [1.165, 1.54) is 6.20 Å². The van der Waals surface area contributed by atoms with E-state index in [1.54, 1.807) is 12.3 Å². The summed E-state index contributed by atoms with van der Waals surface area (Å²) in [4.78, 5) is 4.32. The average molecular weight is 216 g/mol. The molecule has 3 heteroatoms. The van der Waals surface area contributed by atoms with Crippen molar-refractivity contribution in [3.63, 3.8) is 0 Å². The van der Waals surface area contributed by atoms with Gasteiger partial charge in [-0.05, 0) is 24.0 Å². The molecule has 0 radical (unpaired) electrons. The predicted octanol–water partition coefficient (Wildman–Crippen LogP) is 2.47. The van der Waals surface area contributed by atoms with E-state index in [0.717, 1.165) is 12.0 Å². The normalized spacial score (nSPS) is 28.5. The molecule has 2 unspecified atom stereocenters. The van der Waals surface area contributed by atoms with Gasteiger partial charge >= 0.3 is 0 Å². The summed E-state index contributed by atoms with van der Waals surface area (Å²) in [5.74, 6) is 0.243. The second-order valence-corrected chi connectivity index (χ2v) is 3.97. The van der Waals surface area contributed by atoms with Gasteiger partial charge in [-0.25, -0.2) is 4.39 Å². The van der Waals surface area contributed by atoms with Gasteiger partial charge in [0, 0.05) is 11.0 Å². The van der Waals surface area contributed by atoms with E-state index in [2.05, 4.69) is 20.9 Å². The lowest BCUT2D eigenvalue weighted by Crippen LogP contribution is -1.85. The zero-order valence-electron chi connectivity index (χ0n) is 5.80. The van der Waals surface area contributed by atoms with Gasteiger partial charge < -0.3 is 0 Å². The molecule has 1 heterocycles. The molecule has 2 atom stereocenters. The third-order valence-electron chi connectivity index (χ3n) is 1.87. The molecule has 0 amide bonds. The first kappa shape index (κ1) is 7.22. The Hall–Kier alpha value is -0.440. The molecule has 0 spiro atoms. The molecule has 0 bridgehead atoms. The van der Waals surface area contributed by atoms with Crippen molar-refractivity contribution < 1.29 is 4.39 Å². The number of halogens is 2. The molecule has 0 N–H and O–H groups in total. The van der Waals surface area contributed by atoms with Crippen molar-refractivity contribution >= 4 is 15.9 Å². The molecule has 0 saturated heterocycles.